The van der Waals surface area contributed by atoms with Crippen LogP contribution in [0.4, 0.5) is 13.6 Å². The van der Waals surface area contributed by atoms with E-state index in [0.717, 1.165) is 55.3 Å². The fourth-order valence-corrected chi connectivity index (χ4v) is 6.49. The maximum Gasteiger partial charge on any atom is 0.324 e. The van der Waals surface area contributed by atoms with Gasteiger partial charge in [-0.05, 0) is 82.1 Å². The summed E-state index contributed by atoms with van der Waals surface area (Å²) in [5.41, 5.74) is 3.84. The van der Waals surface area contributed by atoms with E-state index in [-0.39, 0.29) is 12.0 Å². The number of amides is 3. The molecule has 7 nitrogen and oxygen atoms in total. The van der Waals surface area contributed by atoms with Gasteiger partial charge in [0, 0.05) is 17.5 Å². The van der Waals surface area contributed by atoms with Crippen LogP contribution >= 0.6 is 0 Å². The molecule has 2 heterocycles. The summed E-state index contributed by atoms with van der Waals surface area (Å²) in [4.78, 5) is 29.4. The van der Waals surface area contributed by atoms with Crippen LogP contribution < -0.4 is 10.1 Å². The Balaban J connectivity index is 1.21. The van der Waals surface area contributed by atoms with Crippen LogP contribution in [0, 0.1) is 18.6 Å². The molecule has 0 aromatic heterocycles. The average molecular weight is 592 g/mol. The van der Waals surface area contributed by atoms with E-state index in [1.165, 1.54) is 22.8 Å². The van der Waals surface area contributed by atoms with Crippen LogP contribution in [0.3, 0.4) is 0 Å². The molecular weight excluding hydrogens is 552 g/mol. The number of rotatable bonds is 8. The largest absolute Gasteiger partial charge is 0.496 e. The molecule has 3 aromatic carbocycles. The second-order valence-electron chi connectivity index (χ2n) is 11.5. The maximum absolute atomic E-state index is 14.0. The van der Waals surface area contributed by atoms with Crippen molar-refractivity contribution in [2.24, 2.45) is 0 Å². The Kier molecular flexibility index (Phi) is 9.42. The highest BCUT2D eigenvalue weighted by Crippen LogP contribution is 2.45. The number of hydrogen-bond donors (Lipinski definition) is 1. The molecule has 0 spiro atoms. The number of likely N-dealkylation sites (tertiary alicyclic amines) is 1. The maximum atomic E-state index is 14.0. The van der Waals surface area contributed by atoms with Gasteiger partial charge in [-0.2, -0.15) is 0 Å². The summed E-state index contributed by atoms with van der Waals surface area (Å²) in [6.07, 6.45) is 1.99. The summed E-state index contributed by atoms with van der Waals surface area (Å²) in [6, 6.07) is 19.0. The van der Waals surface area contributed by atoms with Gasteiger partial charge >= 0.3 is 6.03 Å². The smallest absolute Gasteiger partial charge is 0.324 e. The van der Waals surface area contributed by atoms with Crippen LogP contribution in [0.25, 0.3) is 0 Å². The van der Waals surface area contributed by atoms with E-state index in [4.69, 9.17) is 9.47 Å². The molecule has 0 saturated carbocycles. The molecule has 3 aromatic rings. The fraction of sp³-hybridized carbons (Fsp3) is 0.412. The third-order valence-corrected chi connectivity index (χ3v) is 8.80. The van der Waals surface area contributed by atoms with Gasteiger partial charge in [0.25, 0.3) is 5.91 Å². The minimum absolute atomic E-state index is 0.161. The minimum atomic E-state index is -1.04. The number of carbonyl (C=O) groups excluding carboxylic acids is 2. The normalized spacial score (nSPS) is 20.6. The Morgan fingerprint density at radius 1 is 1.05 bits per heavy atom. The van der Waals surface area contributed by atoms with E-state index >= 15 is 0 Å². The topological polar surface area (TPSA) is 71.1 Å². The zero-order valence-electron chi connectivity index (χ0n) is 24.9. The van der Waals surface area contributed by atoms with Crippen molar-refractivity contribution in [3.63, 3.8) is 0 Å². The lowest BCUT2D eigenvalue weighted by Crippen LogP contribution is -2.54. The summed E-state index contributed by atoms with van der Waals surface area (Å²) in [5.74, 6) is -1.65. The number of urea groups is 1. The number of carbonyl (C=O) groups is 2. The summed E-state index contributed by atoms with van der Waals surface area (Å²) >= 11 is 0. The van der Waals surface area contributed by atoms with E-state index in [9.17, 15) is 18.4 Å². The number of piperidine rings is 1. The van der Waals surface area contributed by atoms with Crippen molar-refractivity contribution in [3.05, 3.63) is 101 Å². The lowest BCUT2D eigenvalue weighted by Gasteiger charge is -2.43. The van der Waals surface area contributed by atoms with Gasteiger partial charge in [0.15, 0.2) is 11.6 Å². The Hall–Kier alpha value is -3.82. The number of aryl methyl sites for hydroxylation is 1. The van der Waals surface area contributed by atoms with Crippen molar-refractivity contribution in [3.8, 4) is 5.75 Å². The molecule has 0 unspecified atom stereocenters. The van der Waals surface area contributed by atoms with Gasteiger partial charge < -0.3 is 19.7 Å². The highest BCUT2D eigenvalue weighted by atomic mass is 19.2. The number of imide groups is 1. The van der Waals surface area contributed by atoms with Gasteiger partial charge in [0.1, 0.15) is 12.4 Å². The monoisotopic (exact) mass is 591 g/mol. The van der Waals surface area contributed by atoms with Crippen LogP contribution in [0.5, 0.6) is 5.75 Å². The molecule has 1 N–H and O–H groups in total. The van der Waals surface area contributed by atoms with E-state index < -0.39 is 35.7 Å². The van der Waals surface area contributed by atoms with Gasteiger partial charge in [-0.1, -0.05) is 54.1 Å². The Morgan fingerprint density at radius 2 is 1.79 bits per heavy atom. The number of halogens is 2. The van der Waals surface area contributed by atoms with Gasteiger partial charge in [-0.15, -0.1) is 0 Å². The Labute approximate surface area is 251 Å². The summed E-state index contributed by atoms with van der Waals surface area (Å²) in [7, 11) is 1.72. The van der Waals surface area contributed by atoms with Crippen LogP contribution in [-0.2, 0) is 14.9 Å². The van der Waals surface area contributed by atoms with E-state index in [0.29, 0.717) is 18.5 Å². The lowest BCUT2D eigenvalue weighted by atomic mass is 9.67. The highest BCUT2D eigenvalue weighted by molar-refractivity contribution is 5.96. The molecular formula is C34H39F2N3O4. The van der Waals surface area contributed by atoms with Crippen LogP contribution in [0.15, 0.2) is 66.7 Å². The van der Waals surface area contributed by atoms with Gasteiger partial charge in [-0.25, -0.2) is 13.6 Å². The van der Waals surface area contributed by atoms with E-state index in [1.807, 2.05) is 6.07 Å². The van der Waals surface area contributed by atoms with Crippen molar-refractivity contribution in [1.82, 2.24) is 15.1 Å². The van der Waals surface area contributed by atoms with E-state index in [2.05, 4.69) is 59.6 Å². The van der Waals surface area contributed by atoms with Crippen LogP contribution in [0.1, 0.15) is 54.5 Å². The SMILES string of the molecule is COc1ccc(C)cc1C1(c2ccccc2)CCN(CCCNC(=O)N2C(=O)CO[C@@H](C)[C@@H]2c2ccc(F)c(F)c2)CC1. The number of hydrogen-bond acceptors (Lipinski definition) is 5. The summed E-state index contributed by atoms with van der Waals surface area (Å²) in [5, 5.41) is 2.86. The van der Waals surface area contributed by atoms with Crippen LogP contribution in [-0.4, -0.2) is 67.7 Å². The number of methoxy groups -OCH3 is 1. The first kappa shape index (κ1) is 30.6. The van der Waals surface area contributed by atoms with Gasteiger partial charge in [0.05, 0.1) is 19.3 Å². The third-order valence-electron chi connectivity index (χ3n) is 8.80. The lowest BCUT2D eigenvalue weighted by molar-refractivity contribution is -0.150. The number of benzene rings is 3. The predicted molar refractivity (Wildman–Crippen MR) is 160 cm³/mol. The third kappa shape index (κ3) is 6.43. The van der Waals surface area contributed by atoms with Crippen molar-refractivity contribution in [1.29, 1.82) is 0 Å². The molecule has 2 aliphatic rings. The van der Waals surface area contributed by atoms with Crippen LogP contribution in [0.2, 0.25) is 0 Å². The highest BCUT2D eigenvalue weighted by Gasteiger charge is 2.41. The van der Waals surface area contributed by atoms with Gasteiger partial charge in [-0.3, -0.25) is 9.69 Å². The number of ether oxygens (including phenoxy) is 2. The first-order valence-corrected chi connectivity index (χ1v) is 14.8. The molecule has 2 fully saturated rings. The first-order valence-electron chi connectivity index (χ1n) is 14.8. The quantitative estimate of drug-likeness (QED) is 0.338. The minimum Gasteiger partial charge on any atom is -0.496 e. The number of morpholine rings is 1. The van der Waals surface area contributed by atoms with Crippen molar-refractivity contribution < 1.29 is 27.8 Å². The molecule has 0 radical (unpaired) electrons. The second-order valence-corrected chi connectivity index (χ2v) is 11.5. The van der Waals surface area contributed by atoms with Crippen molar-refractivity contribution >= 4 is 11.9 Å². The zero-order chi connectivity index (χ0) is 30.6. The number of nitrogens with one attached hydrogen (secondary N) is 1. The Bertz CT molecular complexity index is 1440. The molecule has 5 rings (SSSR count). The van der Waals surface area contributed by atoms with E-state index in [1.54, 1.807) is 14.0 Å². The summed E-state index contributed by atoms with van der Waals surface area (Å²) < 4.78 is 38.8. The molecule has 2 aliphatic heterocycles. The molecule has 2 saturated heterocycles. The zero-order valence-corrected chi connectivity index (χ0v) is 24.9. The average Bonchev–Trinajstić information content (AvgIpc) is 3.02. The number of nitrogens with zero attached hydrogens (tertiary/aromatic N) is 2. The van der Waals surface area contributed by atoms with Crippen molar-refractivity contribution in [2.45, 2.75) is 50.7 Å². The molecule has 2 atom stereocenters. The van der Waals surface area contributed by atoms with Gasteiger partial charge in [0.2, 0.25) is 0 Å². The molecule has 0 aliphatic carbocycles. The molecule has 228 valence electrons. The first-order chi connectivity index (χ1) is 20.7. The molecule has 43 heavy (non-hydrogen) atoms. The molecule has 0 bridgehead atoms. The second kappa shape index (κ2) is 13.2. The van der Waals surface area contributed by atoms with Crippen molar-refractivity contribution in [2.75, 3.05) is 39.9 Å². The predicted octanol–water partition coefficient (Wildman–Crippen LogP) is 5.75. The Morgan fingerprint density at radius 3 is 2.49 bits per heavy atom. The summed E-state index contributed by atoms with van der Waals surface area (Å²) in [6.45, 7) is 6.49. The molecule has 9 heteroatoms. The fourth-order valence-electron chi connectivity index (χ4n) is 6.49. The molecule has 3 amide bonds. The standard InChI is InChI=1S/C34H39F2N3O4/c1-23-10-13-30(42-3)27(20-23)34(26-8-5-4-6-9-26)14-18-38(19-15-34)17-7-16-37-33(41)39-31(40)22-43-24(2)32(39)25-11-12-28(35)29(36)21-25/h4-6,8-13,20-21,24,32H,7,14-19,22H2,1-3H3,(H,37,41)/t24-,32+/m0/s1.